The molecule has 2 N–H and O–H groups in total. The summed E-state index contributed by atoms with van der Waals surface area (Å²) in [5.74, 6) is -0.327. The third-order valence-corrected chi connectivity index (χ3v) is 2.42. The SMILES string of the molecule is C/C(=N\NC(=O)CC(C)O)c1ccccc1Cl. The average Bonchev–Trinajstić information content (AvgIpc) is 2.25. The summed E-state index contributed by atoms with van der Waals surface area (Å²) in [6.45, 7) is 3.30. The van der Waals surface area contributed by atoms with E-state index in [-0.39, 0.29) is 12.3 Å². The van der Waals surface area contributed by atoms with E-state index >= 15 is 0 Å². The maximum absolute atomic E-state index is 11.3. The number of rotatable bonds is 4. The fourth-order valence-electron chi connectivity index (χ4n) is 1.28. The third kappa shape index (κ3) is 4.54. The fourth-order valence-corrected chi connectivity index (χ4v) is 1.55. The van der Waals surface area contributed by atoms with Gasteiger partial charge < -0.3 is 5.11 Å². The molecule has 1 amide bonds. The molecular weight excluding hydrogens is 240 g/mol. The molecule has 0 heterocycles. The van der Waals surface area contributed by atoms with Gasteiger partial charge in [-0.3, -0.25) is 4.79 Å². The van der Waals surface area contributed by atoms with E-state index in [2.05, 4.69) is 10.5 Å². The number of aliphatic hydroxyl groups excluding tert-OH is 1. The van der Waals surface area contributed by atoms with Gasteiger partial charge in [0.15, 0.2) is 0 Å². The first-order valence-electron chi connectivity index (χ1n) is 5.27. The number of aliphatic hydroxyl groups is 1. The molecule has 17 heavy (non-hydrogen) atoms. The van der Waals surface area contributed by atoms with Gasteiger partial charge in [0, 0.05) is 10.6 Å². The van der Waals surface area contributed by atoms with Gasteiger partial charge in [0.05, 0.1) is 18.2 Å². The highest BCUT2D eigenvalue weighted by Gasteiger charge is 2.06. The van der Waals surface area contributed by atoms with Crippen molar-refractivity contribution in [3.8, 4) is 0 Å². The number of amides is 1. The van der Waals surface area contributed by atoms with E-state index in [1.54, 1.807) is 19.9 Å². The first-order chi connectivity index (χ1) is 8.00. The summed E-state index contributed by atoms with van der Waals surface area (Å²) in [4.78, 5) is 11.3. The predicted octanol–water partition coefficient (Wildman–Crippen LogP) is 1.95. The minimum Gasteiger partial charge on any atom is -0.393 e. The normalized spacial score (nSPS) is 13.3. The van der Waals surface area contributed by atoms with Gasteiger partial charge in [-0.25, -0.2) is 5.43 Å². The molecule has 0 spiro atoms. The van der Waals surface area contributed by atoms with Crippen LogP contribution < -0.4 is 5.43 Å². The number of hydrazone groups is 1. The number of benzene rings is 1. The second-order valence-corrected chi connectivity index (χ2v) is 4.17. The molecule has 0 fully saturated rings. The molecule has 1 aromatic rings. The molecule has 0 aliphatic heterocycles. The summed E-state index contributed by atoms with van der Waals surface area (Å²) in [6.07, 6.45) is -0.648. The number of nitrogens with zero attached hydrogens (tertiary/aromatic N) is 1. The van der Waals surface area contributed by atoms with Gasteiger partial charge in [-0.15, -0.1) is 0 Å². The highest BCUT2D eigenvalue weighted by molar-refractivity contribution is 6.34. The molecule has 1 aromatic carbocycles. The highest BCUT2D eigenvalue weighted by Crippen LogP contribution is 2.15. The second-order valence-electron chi connectivity index (χ2n) is 3.77. The van der Waals surface area contributed by atoms with Crippen LogP contribution >= 0.6 is 11.6 Å². The maximum Gasteiger partial charge on any atom is 0.242 e. The number of carbonyl (C=O) groups is 1. The molecule has 0 aromatic heterocycles. The van der Waals surface area contributed by atoms with Crippen LogP contribution in [0.2, 0.25) is 5.02 Å². The Morgan fingerprint density at radius 3 is 2.76 bits per heavy atom. The quantitative estimate of drug-likeness (QED) is 0.637. The first kappa shape index (κ1) is 13.7. The Hall–Kier alpha value is -1.39. The lowest BCUT2D eigenvalue weighted by molar-refractivity contribution is -0.122. The number of hydrogen-bond donors (Lipinski definition) is 2. The van der Waals surface area contributed by atoms with E-state index in [4.69, 9.17) is 16.7 Å². The van der Waals surface area contributed by atoms with Gasteiger partial charge in [-0.1, -0.05) is 29.8 Å². The van der Waals surface area contributed by atoms with Gasteiger partial charge >= 0.3 is 0 Å². The lowest BCUT2D eigenvalue weighted by atomic mass is 10.1. The monoisotopic (exact) mass is 254 g/mol. The molecule has 0 bridgehead atoms. The van der Waals surface area contributed by atoms with E-state index < -0.39 is 6.10 Å². The Morgan fingerprint density at radius 1 is 1.53 bits per heavy atom. The van der Waals surface area contributed by atoms with Gasteiger partial charge in [0.25, 0.3) is 0 Å². The number of hydrogen-bond acceptors (Lipinski definition) is 3. The van der Waals surface area contributed by atoms with Crippen molar-refractivity contribution in [2.24, 2.45) is 5.10 Å². The van der Waals surface area contributed by atoms with Crippen molar-refractivity contribution in [2.45, 2.75) is 26.4 Å². The second kappa shape index (κ2) is 6.37. The van der Waals surface area contributed by atoms with Crippen LogP contribution in [-0.4, -0.2) is 22.8 Å². The minimum atomic E-state index is -0.675. The summed E-state index contributed by atoms with van der Waals surface area (Å²) >= 11 is 5.99. The maximum atomic E-state index is 11.3. The van der Waals surface area contributed by atoms with E-state index in [0.717, 1.165) is 5.56 Å². The molecule has 0 saturated carbocycles. The van der Waals surface area contributed by atoms with Gasteiger partial charge in [-0.2, -0.15) is 5.10 Å². The van der Waals surface area contributed by atoms with Crippen LogP contribution in [-0.2, 0) is 4.79 Å². The predicted molar refractivity (Wildman–Crippen MR) is 68.1 cm³/mol. The molecule has 1 unspecified atom stereocenters. The zero-order valence-corrected chi connectivity index (χ0v) is 10.5. The van der Waals surface area contributed by atoms with Crippen LogP contribution in [0.1, 0.15) is 25.8 Å². The molecule has 0 saturated heterocycles. The summed E-state index contributed by atoms with van der Waals surface area (Å²) in [5.41, 5.74) is 3.76. The summed E-state index contributed by atoms with van der Waals surface area (Å²) in [7, 11) is 0. The van der Waals surface area contributed by atoms with Crippen LogP contribution in [0.15, 0.2) is 29.4 Å². The van der Waals surface area contributed by atoms with Crippen molar-refractivity contribution in [1.29, 1.82) is 0 Å². The van der Waals surface area contributed by atoms with Crippen LogP contribution in [0, 0.1) is 0 Å². The topological polar surface area (TPSA) is 61.7 Å². The lowest BCUT2D eigenvalue weighted by Gasteiger charge is -2.05. The third-order valence-electron chi connectivity index (χ3n) is 2.09. The highest BCUT2D eigenvalue weighted by atomic mass is 35.5. The molecule has 5 heteroatoms. The van der Waals surface area contributed by atoms with Gasteiger partial charge in [0.1, 0.15) is 0 Å². The summed E-state index contributed by atoms with van der Waals surface area (Å²) < 4.78 is 0. The van der Waals surface area contributed by atoms with Crippen molar-refractivity contribution >= 4 is 23.2 Å². The molecule has 4 nitrogen and oxygen atoms in total. The number of halogens is 1. The molecular formula is C12H15ClN2O2. The van der Waals surface area contributed by atoms with Crippen molar-refractivity contribution in [1.82, 2.24) is 5.43 Å². The Balaban J connectivity index is 2.68. The van der Waals surface area contributed by atoms with Crippen LogP contribution in [0.4, 0.5) is 0 Å². The van der Waals surface area contributed by atoms with E-state index in [9.17, 15) is 4.79 Å². The lowest BCUT2D eigenvalue weighted by Crippen LogP contribution is -2.23. The molecule has 0 aliphatic rings. The van der Waals surface area contributed by atoms with Crippen LogP contribution in [0.25, 0.3) is 0 Å². The molecule has 0 radical (unpaired) electrons. The number of nitrogens with one attached hydrogen (secondary N) is 1. The van der Waals surface area contributed by atoms with Crippen molar-refractivity contribution in [3.63, 3.8) is 0 Å². The largest absolute Gasteiger partial charge is 0.393 e. The zero-order chi connectivity index (χ0) is 12.8. The van der Waals surface area contributed by atoms with E-state index in [1.807, 2.05) is 18.2 Å². The molecule has 1 atom stereocenters. The summed E-state index contributed by atoms with van der Waals surface area (Å²) in [5, 5.41) is 13.5. The number of carbonyl (C=O) groups excluding carboxylic acids is 1. The fraction of sp³-hybridized carbons (Fsp3) is 0.333. The minimum absolute atomic E-state index is 0.0271. The van der Waals surface area contributed by atoms with Crippen molar-refractivity contribution in [3.05, 3.63) is 34.9 Å². The van der Waals surface area contributed by atoms with Crippen molar-refractivity contribution < 1.29 is 9.90 Å². The average molecular weight is 255 g/mol. The molecule has 0 aliphatic carbocycles. The Labute approximate surface area is 105 Å². The van der Waals surface area contributed by atoms with Crippen LogP contribution in [0.5, 0.6) is 0 Å². The van der Waals surface area contributed by atoms with Crippen LogP contribution in [0.3, 0.4) is 0 Å². The standard InChI is InChI=1S/C12H15ClN2O2/c1-8(16)7-12(17)15-14-9(2)10-5-3-4-6-11(10)13/h3-6,8,16H,7H2,1-2H3,(H,15,17)/b14-9+. The van der Waals surface area contributed by atoms with Crippen molar-refractivity contribution in [2.75, 3.05) is 0 Å². The Kier molecular flexibility index (Phi) is 5.12. The smallest absolute Gasteiger partial charge is 0.242 e. The molecule has 92 valence electrons. The Morgan fingerprint density at radius 2 is 2.18 bits per heavy atom. The van der Waals surface area contributed by atoms with E-state index in [1.165, 1.54) is 0 Å². The van der Waals surface area contributed by atoms with E-state index in [0.29, 0.717) is 10.7 Å². The van der Waals surface area contributed by atoms with Gasteiger partial charge in [-0.05, 0) is 19.9 Å². The zero-order valence-electron chi connectivity index (χ0n) is 9.77. The Bertz CT molecular complexity index is 430. The molecule has 1 rings (SSSR count). The first-order valence-corrected chi connectivity index (χ1v) is 5.64. The van der Waals surface area contributed by atoms with Gasteiger partial charge in [0.2, 0.25) is 5.91 Å². The summed E-state index contributed by atoms with van der Waals surface area (Å²) in [6, 6.07) is 7.25.